The lowest BCUT2D eigenvalue weighted by Crippen LogP contribution is -2.27. The summed E-state index contributed by atoms with van der Waals surface area (Å²) in [5, 5.41) is 0.820. The number of aliphatic imine (C=N–C) groups is 1. The molecule has 40 heavy (non-hydrogen) atoms. The van der Waals surface area contributed by atoms with Gasteiger partial charge in [-0.2, -0.15) is 39.5 Å². The standard InChI is InChI=1S/C28H23F9NOP/c1-25(2,3)23-15-39-24(38-23)21-14-18(28(35,36)37)8-13-22(21)40(19-9-4-16(5-10-19)26(29,30)31)20-11-6-17(7-12-20)27(32,33)34/h4-14,23H,15H2,1-3H3/t23-/m1/s1. The molecule has 0 unspecified atom stereocenters. The van der Waals surface area contributed by atoms with Crippen LogP contribution in [-0.4, -0.2) is 18.5 Å². The topological polar surface area (TPSA) is 21.6 Å². The highest BCUT2D eigenvalue weighted by Gasteiger charge is 2.37. The first-order chi connectivity index (χ1) is 18.4. The molecule has 214 valence electrons. The summed E-state index contributed by atoms with van der Waals surface area (Å²) in [7, 11) is -1.93. The van der Waals surface area contributed by atoms with Gasteiger partial charge in [-0.15, -0.1) is 0 Å². The van der Waals surface area contributed by atoms with Gasteiger partial charge in [-0.3, -0.25) is 0 Å². The second kappa shape index (κ2) is 10.4. The SMILES string of the molecule is CC(C)(C)[C@H]1COC(c2cc(C(F)(F)F)ccc2P(c2ccc(C(F)(F)F)cc2)c2ccc(C(F)(F)F)cc2)=N1. The van der Waals surface area contributed by atoms with Gasteiger partial charge in [0.1, 0.15) is 6.61 Å². The van der Waals surface area contributed by atoms with E-state index >= 15 is 0 Å². The van der Waals surface area contributed by atoms with E-state index in [1.807, 2.05) is 20.8 Å². The summed E-state index contributed by atoms with van der Waals surface area (Å²) in [5.41, 5.74) is -3.28. The van der Waals surface area contributed by atoms with E-state index < -0.39 is 43.1 Å². The number of alkyl halides is 9. The number of hydrogen-bond donors (Lipinski definition) is 0. The Kier molecular flexibility index (Phi) is 7.77. The van der Waals surface area contributed by atoms with Gasteiger partial charge in [0.25, 0.3) is 0 Å². The van der Waals surface area contributed by atoms with Crippen LogP contribution < -0.4 is 15.9 Å². The minimum absolute atomic E-state index is 0.0209. The number of rotatable bonds is 4. The van der Waals surface area contributed by atoms with Crippen LogP contribution in [0.15, 0.2) is 71.7 Å². The van der Waals surface area contributed by atoms with Gasteiger partial charge in [0.2, 0.25) is 5.90 Å². The van der Waals surface area contributed by atoms with Gasteiger partial charge in [0.05, 0.1) is 22.7 Å². The summed E-state index contributed by atoms with van der Waals surface area (Å²) in [5.74, 6) is -0.0626. The molecule has 0 spiro atoms. The van der Waals surface area contributed by atoms with Gasteiger partial charge in [0, 0.05) is 5.56 Å². The van der Waals surface area contributed by atoms with Crippen molar-refractivity contribution < 1.29 is 44.3 Å². The van der Waals surface area contributed by atoms with Crippen LogP contribution in [0.1, 0.15) is 43.0 Å². The number of ether oxygens (including phenoxy) is 1. The van der Waals surface area contributed by atoms with E-state index in [4.69, 9.17) is 4.74 Å². The van der Waals surface area contributed by atoms with Crippen LogP contribution in [0, 0.1) is 5.41 Å². The molecule has 0 amide bonds. The Morgan fingerprint density at radius 1 is 0.650 bits per heavy atom. The van der Waals surface area contributed by atoms with Crippen molar-refractivity contribution in [3.8, 4) is 0 Å². The van der Waals surface area contributed by atoms with Crippen molar-refractivity contribution in [2.24, 2.45) is 10.4 Å². The van der Waals surface area contributed by atoms with Crippen LogP contribution in [0.5, 0.6) is 0 Å². The normalized spacial score (nSPS) is 16.7. The van der Waals surface area contributed by atoms with Crippen LogP contribution in [0.4, 0.5) is 39.5 Å². The second-order valence-corrected chi connectivity index (χ2v) is 12.5. The number of hydrogen-bond acceptors (Lipinski definition) is 2. The predicted molar refractivity (Wildman–Crippen MR) is 136 cm³/mol. The van der Waals surface area contributed by atoms with Crippen molar-refractivity contribution in [3.05, 3.63) is 89.0 Å². The lowest BCUT2D eigenvalue weighted by atomic mass is 9.88. The van der Waals surface area contributed by atoms with Crippen LogP contribution in [0.3, 0.4) is 0 Å². The van der Waals surface area contributed by atoms with Crippen molar-refractivity contribution in [3.63, 3.8) is 0 Å². The molecule has 0 aliphatic carbocycles. The Morgan fingerprint density at radius 3 is 1.45 bits per heavy atom. The van der Waals surface area contributed by atoms with Crippen LogP contribution in [0.2, 0.25) is 0 Å². The first kappa shape index (κ1) is 29.9. The molecular weight excluding hydrogens is 568 g/mol. The molecule has 1 aliphatic rings. The molecule has 0 radical (unpaired) electrons. The largest absolute Gasteiger partial charge is 0.475 e. The molecular formula is C28H23F9NOP. The molecule has 3 aromatic carbocycles. The molecule has 1 heterocycles. The van der Waals surface area contributed by atoms with E-state index in [-0.39, 0.29) is 45.4 Å². The van der Waals surface area contributed by atoms with Crippen molar-refractivity contribution in [1.82, 2.24) is 0 Å². The third-order valence-electron chi connectivity index (χ3n) is 6.35. The molecule has 1 atom stereocenters. The Bertz CT molecular complexity index is 1330. The predicted octanol–water partition coefficient (Wildman–Crippen LogP) is 7.69. The van der Waals surface area contributed by atoms with Crippen molar-refractivity contribution >= 4 is 29.7 Å². The zero-order chi connectivity index (χ0) is 29.7. The molecule has 12 heteroatoms. The summed E-state index contributed by atoms with van der Waals surface area (Å²) in [6.07, 6.45) is -14.0. The lowest BCUT2D eigenvalue weighted by Gasteiger charge is -2.24. The fourth-order valence-electron chi connectivity index (χ4n) is 4.07. The van der Waals surface area contributed by atoms with E-state index in [0.717, 1.165) is 36.4 Å². The Morgan fingerprint density at radius 2 is 1.07 bits per heavy atom. The Hall–Kier alpha value is -3.07. The third kappa shape index (κ3) is 6.45. The number of benzene rings is 3. The van der Waals surface area contributed by atoms with E-state index in [9.17, 15) is 39.5 Å². The summed E-state index contributed by atoms with van der Waals surface area (Å²) in [4.78, 5) is 4.52. The third-order valence-corrected chi connectivity index (χ3v) is 8.85. The van der Waals surface area contributed by atoms with Gasteiger partial charge in [-0.1, -0.05) is 51.1 Å². The molecule has 0 saturated heterocycles. The van der Waals surface area contributed by atoms with Crippen molar-refractivity contribution in [2.75, 3.05) is 6.61 Å². The van der Waals surface area contributed by atoms with Gasteiger partial charge >= 0.3 is 18.5 Å². The lowest BCUT2D eigenvalue weighted by molar-refractivity contribution is -0.138. The second-order valence-electron chi connectivity index (χ2n) is 10.3. The summed E-state index contributed by atoms with van der Waals surface area (Å²) in [6.45, 7) is 5.76. The smallest absolute Gasteiger partial charge is 0.416 e. The average Bonchev–Trinajstić information content (AvgIpc) is 3.34. The monoisotopic (exact) mass is 591 g/mol. The highest BCUT2D eigenvalue weighted by Crippen LogP contribution is 2.40. The Labute approximate surface area is 225 Å². The average molecular weight is 591 g/mol. The molecule has 3 aromatic rings. The summed E-state index contributed by atoms with van der Waals surface area (Å²) in [6, 6.07) is 10.6. The van der Waals surface area contributed by atoms with Crippen molar-refractivity contribution in [2.45, 2.75) is 45.3 Å². The molecule has 0 saturated carbocycles. The molecule has 4 rings (SSSR count). The van der Waals surface area contributed by atoms with Gasteiger partial charge in [-0.05, 0) is 65.6 Å². The minimum atomic E-state index is -4.72. The van der Waals surface area contributed by atoms with E-state index in [0.29, 0.717) is 0 Å². The molecule has 1 aliphatic heterocycles. The molecule has 0 aromatic heterocycles. The van der Waals surface area contributed by atoms with E-state index in [2.05, 4.69) is 4.99 Å². The first-order valence-electron chi connectivity index (χ1n) is 11.9. The molecule has 0 bridgehead atoms. The maximum Gasteiger partial charge on any atom is 0.416 e. The summed E-state index contributed by atoms with van der Waals surface area (Å²) < 4.78 is 126. The van der Waals surface area contributed by atoms with Crippen LogP contribution in [-0.2, 0) is 23.3 Å². The number of nitrogens with zero attached hydrogens (tertiary/aromatic N) is 1. The van der Waals surface area contributed by atoms with Crippen LogP contribution in [0.25, 0.3) is 0 Å². The highest BCUT2D eigenvalue weighted by atomic mass is 31.1. The summed E-state index contributed by atoms with van der Waals surface area (Å²) >= 11 is 0. The fraction of sp³-hybridized carbons (Fsp3) is 0.321. The zero-order valence-electron chi connectivity index (χ0n) is 21.3. The van der Waals surface area contributed by atoms with Gasteiger partial charge in [0.15, 0.2) is 0 Å². The maximum absolute atomic E-state index is 13.7. The molecule has 2 nitrogen and oxygen atoms in total. The number of halogens is 9. The van der Waals surface area contributed by atoms with E-state index in [1.54, 1.807) is 0 Å². The maximum atomic E-state index is 13.7. The van der Waals surface area contributed by atoms with Crippen LogP contribution >= 0.6 is 7.92 Å². The zero-order valence-corrected chi connectivity index (χ0v) is 22.2. The minimum Gasteiger partial charge on any atom is -0.475 e. The fourth-order valence-corrected chi connectivity index (χ4v) is 6.44. The van der Waals surface area contributed by atoms with Gasteiger partial charge in [-0.25, -0.2) is 4.99 Å². The van der Waals surface area contributed by atoms with Gasteiger partial charge < -0.3 is 4.74 Å². The molecule has 0 N–H and O–H groups in total. The highest BCUT2D eigenvalue weighted by molar-refractivity contribution is 7.80. The quantitative estimate of drug-likeness (QED) is 0.225. The van der Waals surface area contributed by atoms with E-state index in [1.165, 1.54) is 30.3 Å². The molecule has 0 fully saturated rings. The Balaban J connectivity index is 1.94. The first-order valence-corrected chi connectivity index (χ1v) is 13.3. The van der Waals surface area contributed by atoms with Crippen molar-refractivity contribution in [1.29, 1.82) is 0 Å².